The zero-order valence-corrected chi connectivity index (χ0v) is 8.64. The molecule has 5 N–H and O–H groups in total. The number of rotatable bonds is 3. The van der Waals surface area contributed by atoms with Crippen LogP contribution in [0.15, 0.2) is 12.1 Å². The first-order chi connectivity index (χ1) is 6.97. The maximum atomic E-state index is 9.62. The van der Waals surface area contributed by atoms with E-state index in [1.54, 1.807) is 6.92 Å². The van der Waals surface area contributed by atoms with Crippen LogP contribution in [-0.4, -0.2) is 28.5 Å². The molecule has 0 aliphatic carbocycles. The zero-order valence-electron chi connectivity index (χ0n) is 8.64. The highest BCUT2D eigenvalue weighted by Gasteiger charge is 2.17. The van der Waals surface area contributed by atoms with Crippen LogP contribution in [0.25, 0.3) is 0 Å². The highest BCUT2D eigenvalue weighted by atomic mass is 16.5. The summed E-state index contributed by atoms with van der Waals surface area (Å²) in [6.07, 6.45) is -0.937. The van der Waals surface area contributed by atoms with Crippen LogP contribution in [0, 0.1) is 0 Å². The first-order valence-corrected chi connectivity index (χ1v) is 4.51. The molecule has 0 radical (unpaired) electrons. The monoisotopic (exact) mass is 213 g/mol. The molecule has 0 amide bonds. The Balaban J connectivity index is 3.14. The van der Waals surface area contributed by atoms with E-state index < -0.39 is 12.1 Å². The van der Waals surface area contributed by atoms with Crippen LogP contribution in [0.4, 0.5) is 0 Å². The first kappa shape index (κ1) is 11.6. The number of phenols is 2. The number of ether oxygens (including phenoxy) is 1. The third kappa shape index (κ3) is 2.31. The fraction of sp³-hybridized carbons (Fsp3) is 0.400. The van der Waals surface area contributed by atoms with Gasteiger partial charge in [-0.3, -0.25) is 0 Å². The second-order valence-electron chi connectivity index (χ2n) is 3.40. The molecule has 1 aromatic carbocycles. The SMILES string of the molecule is COc1c(O)cc([C@@H](O)[C@@H](C)N)cc1O. The van der Waals surface area contributed by atoms with Gasteiger partial charge in [0.15, 0.2) is 11.5 Å². The van der Waals surface area contributed by atoms with Crippen LogP contribution >= 0.6 is 0 Å². The van der Waals surface area contributed by atoms with Crippen molar-refractivity contribution in [3.63, 3.8) is 0 Å². The average Bonchev–Trinajstić information content (AvgIpc) is 2.15. The van der Waals surface area contributed by atoms with Crippen LogP contribution in [0.5, 0.6) is 17.2 Å². The lowest BCUT2D eigenvalue weighted by molar-refractivity contribution is 0.152. The number of hydrogen-bond donors (Lipinski definition) is 4. The van der Waals surface area contributed by atoms with E-state index in [-0.39, 0.29) is 17.2 Å². The Morgan fingerprint density at radius 3 is 2.07 bits per heavy atom. The molecule has 5 heteroatoms. The standard InChI is InChI=1S/C10H15NO4/c1-5(11)9(14)6-3-7(12)10(15-2)8(13)4-6/h3-5,9,12-14H,11H2,1-2H3/t5-,9+/m1/s1. The van der Waals surface area contributed by atoms with Crippen molar-refractivity contribution in [2.45, 2.75) is 19.1 Å². The largest absolute Gasteiger partial charge is 0.504 e. The van der Waals surface area contributed by atoms with Crippen LogP contribution in [0.3, 0.4) is 0 Å². The number of phenolic OH excluding ortho intramolecular Hbond substituents is 2. The van der Waals surface area contributed by atoms with E-state index in [1.165, 1.54) is 19.2 Å². The van der Waals surface area contributed by atoms with Gasteiger partial charge in [-0.05, 0) is 24.6 Å². The van der Waals surface area contributed by atoms with E-state index in [4.69, 9.17) is 10.5 Å². The molecule has 2 atom stereocenters. The minimum atomic E-state index is -0.937. The third-order valence-corrected chi connectivity index (χ3v) is 2.12. The average molecular weight is 213 g/mol. The minimum Gasteiger partial charge on any atom is -0.504 e. The molecule has 0 aliphatic rings. The van der Waals surface area contributed by atoms with Gasteiger partial charge >= 0.3 is 0 Å². The highest BCUT2D eigenvalue weighted by Crippen LogP contribution is 2.38. The summed E-state index contributed by atoms with van der Waals surface area (Å²) in [5.74, 6) is -0.477. The Morgan fingerprint density at radius 2 is 1.73 bits per heavy atom. The molecular formula is C10H15NO4. The number of aromatic hydroxyl groups is 2. The number of methoxy groups -OCH3 is 1. The van der Waals surface area contributed by atoms with E-state index in [1.807, 2.05) is 0 Å². The Bertz CT molecular complexity index is 328. The van der Waals surface area contributed by atoms with Gasteiger partial charge in [0.05, 0.1) is 13.2 Å². The molecule has 1 rings (SSSR count). The molecule has 0 fully saturated rings. The summed E-state index contributed by atoms with van der Waals surface area (Å²) in [5, 5.41) is 28.6. The van der Waals surface area contributed by atoms with Crippen LogP contribution in [-0.2, 0) is 0 Å². The van der Waals surface area contributed by atoms with Gasteiger partial charge in [0.25, 0.3) is 0 Å². The van der Waals surface area contributed by atoms with Crippen molar-refractivity contribution in [2.24, 2.45) is 5.73 Å². The quantitative estimate of drug-likeness (QED) is 0.586. The van der Waals surface area contributed by atoms with Crippen molar-refractivity contribution in [1.29, 1.82) is 0 Å². The van der Waals surface area contributed by atoms with E-state index in [0.29, 0.717) is 5.56 Å². The van der Waals surface area contributed by atoms with Crippen molar-refractivity contribution in [1.82, 2.24) is 0 Å². The van der Waals surface area contributed by atoms with Crippen molar-refractivity contribution < 1.29 is 20.1 Å². The van der Waals surface area contributed by atoms with Crippen LogP contribution in [0.1, 0.15) is 18.6 Å². The third-order valence-electron chi connectivity index (χ3n) is 2.12. The Kier molecular flexibility index (Phi) is 3.39. The van der Waals surface area contributed by atoms with Gasteiger partial charge < -0.3 is 25.8 Å². The summed E-state index contributed by atoms with van der Waals surface area (Å²) in [4.78, 5) is 0. The Morgan fingerprint density at radius 1 is 1.27 bits per heavy atom. The molecule has 0 bridgehead atoms. The Hall–Kier alpha value is -1.46. The van der Waals surface area contributed by atoms with Crippen molar-refractivity contribution in [3.8, 4) is 17.2 Å². The molecule has 5 nitrogen and oxygen atoms in total. The molecule has 0 saturated heterocycles. The van der Waals surface area contributed by atoms with Gasteiger partial charge in [0, 0.05) is 6.04 Å². The molecule has 1 aromatic rings. The lowest BCUT2D eigenvalue weighted by Crippen LogP contribution is -2.24. The number of aliphatic hydroxyl groups is 1. The van der Waals surface area contributed by atoms with Gasteiger partial charge in [-0.25, -0.2) is 0 Å². The topological polar surface area (TPSA) is 95.9 Å². The van der Waals surface area contributed by atoms with Crippen LogP contribution in [0.2, 0.25) is 0 Å². The molecule has 0 aliphatic heterocycles. The van der Waals surface area contributed by atoms with Crippen molar-refractivity contribution >= 4 is 0 Å². The normalized spacial score (nSPS) is 14.7. The molecule has 0 spiro atoms. The van der Waals surface area contributed by atoms with E-state index >= 15 is 0 Å². The van der Waals surface area contributed by atoms with Gasteiger partial charge in [-0.15, -0.1) is 0 Å². The van der Waals surface area contributed by atoms with E-state index in [2.05, 4.69) is 0 Å². The number of benzene rings is 1. The fourth-order valence-electron chi connectivity index (χ4n) is 1.30. The van der Waals surface area contributed by atoms with Gasteiger partial charge in [0.2, 0.25) is 5.75 Å². The van der Waals surface area contributed by atoms with E-state index in [9.17, 15) is 15.3 Å². The zero-order chi connectivity index (χ0) is 11.6. The van der Waals surface area contributed by atoms with Crippen LogP contribution < -0.4 is 10.5 Å². The fourth-order valence-corrected chi connectivity index (χ4v) is 1.30. The second-order valence-corrected chi connectivity index (χ2v) is 3.40. The lowest BCUT2D eigenvalue weighted by atomic mass is 10.0. The van der Waals surface area contributed by atoms with E-state index in [0.717, 1.165) is 0 Å². The molecule has 0 unspecified atom stereocenters. The Labute approximate surface area is 87.7 Å². The first-order valence-electron chi connectivity index (χ1n) is 4.51. The summed E-state index contributed by atoms with van der Waals surface area (Å²) < 4.78 is 4.76. The highest BCUT2D eigenvalue weighted by molar-refractivity contribution is 5.52. The summed E-state index contributed by atoms with van der Waals surface area (Å²) >= 11 is 0. The molecule has 0 aromatic heterocycles. The second kappa shape index (κ2) is 4.37. The number of hydrogen-bond acceptors (Lipinski definition) is 5. The summed E-state index contributed by atoms with van der Waals surface area (Å²) in [7, 11) is 1.33. The maximum Gasteiger partial charge on any atom is 0.202 e. The maximum absolute atomic E-state index is 9.62. The smallest absolute Gasteiger partial charge is 0.202 e. The van der Waals surface area contributed by atoms with Gasteiger partial charge in [-0.2, -0.15) is 0 Å². The predicted molar refractivity (Wildman–Crippen MR) is 54.9 cm³/mol. The lowest BCUT2D eigenvalue weighted by Gasteiger charge is -2.16. The molecule has 0 saturated carbocycles. The predicted octanol–water partition coefficient (Wildman–Crippen LogP) is 0.487. The summed E-state index contributed by atoms with van der Waals surface area (Å²) in [6.45, 7) is 1.63. The van der Waals surface area contributed by atoms with Crippen molar-refractivity contribution in [3.05, 3.63) is 17.7 Å². The molecular weight excluding hydrogens is 198 g/mol. The van der Waals surface area contributed by atoms with Gasteiger partial charge in [-0.1, -0.05) is 0 Å². The number of aliphatic hydroxyl groups excluding tert-OH is 1. The molecule has 15 heavy (non-hydrogen) atoms. The molecule has 84 valence electrons. The van der Waals surface area contributed by atoms with Crippen molar-refractivity contribution in [2.75, 3.05) is 7.11 Å². The minimum absolute atomic E-state index is 0.0179. The summed E-state index contributed by atoms with van der Waals surface area (Å²) in [6, 6.07) is 2.14. The van der Waals surface area contributed by atoms with Gasteiger partial charge in [0.1, 0.15) is 0 Å². The summed E-state index contributed by atoms with van der Waals surface area (Å²) in [5.41, 5.74) is 5.84. The number of nitrogens with two attached hydrogens (primary N) is 1. The molecule has 0 heterocycles.